The monoisotopic (exact) mass is 224 g/mol. The minimum absolute atomic E-state index is 0.212. The molecular weight excluding hydrogens is 208 g/mol. The molecular formula is C11H16N2O3. The van der Waals surface area contributed by atoms with Crippen molar-refractivity contribution < 1.29 is 14.6 Å². The molecule has 5 nitrogen and oxygen atoms in total. The molecule has 0 saturated carbocycles. The molecule has 0 aliphatic carbocycles. The molecule has 1 N–H and O–H groups in total. The van der Waals surface area contributed by atoms with Crippen LogP contribution in [0.5, 0.6) is 0 Å². The lowest BCUT2D eigenvalue weighted by molar-refractivity contribution is -0.143. The average Bonchev–Trinajstić information content (AvgIpc) is 2.85. The quantitative estimate of drug-likeness (QED) is 0.847. The maximum absolute atomic E-state index is 11.1. The molecule has 88 valence electrons. The van der Waals surface area contributed by atoms with Crippen LogP contribution in [0.15, 0.2) is 12.3 Å². The average molecular weight is 224 g/mol. The third-order valence-corrected chi connectivity index (χ3v) is 2.89. The van der Waals surface area contributed by atoms with E-state index < -0.39 is 11.9 Å². The Morgan fingerprint density at radius 2 is 2.44 bits per heavy atom. The van der Waals surface area contributed by atoms with Gasteiger partial charge in [-0.1, -0.05) is 0 Å². The van der Waals surface area contributed by atoms with Gasteiger partial charge in [0.2, 0.25) is 0 Å². The van der Waals surface area contributed by atoms with Gasteiger partial charge >= 0.3 is 5.97 Å². The zero-order chi connectivity index (χ0) is 11.7. The summed E-state index contributed by atoms with van der Waals surface area (Å²) < 4.78 is 7.35. The lowest BCUT2D eigenvalue weighted by atomic mass is 9.99. The van der Waals surface area contributed by atoms with Gasteiger partial charge in [-0.2, -0.15) is 5.10 Å². The van der Waals surface area contributed by atoms with E-state index in [0.29, 0.717) is 13.0 Å². The third kappa shape index (κ3) is 1.82. The fourth-order valence-electron chi connectivity index (χ4n) is 2.12. The molecule has 1 fully saturated rings. The summed E-state index contributed by atoms with van der Waals surface area (Å²) in [5.41, 5.74) is 0.861. The number of aliphatic carboxylic acids is 1. The Bertz CT molecular complexity index is 386. The lowest BCUT2D eigenvalue weighted by Crippen LogP contribution is -2.21. The molecule has 1 aromatic rings. The van der Waals surface area contributed by atoms with E-state index in [2.05, 4.69) is 5.10 Å². The molecule has 1 aliphatic rings. The highest BCUT2D eigenvalue weighted by Gasteiger charge is 2.37. The first kappa shape index (κ1) is 11.1. The fourth-order valence-corrected chi connectivity index (χ4v) is 2.12. The van der Waals surface area contributed by atoms with Gasteiger partial charge in [0.25, 0.3) is 0 Å². The van der Waals surface area contributed by atoms with Gasteiger partial charge in [-0.15, -0.1) is 0 Å². The lowest BCUT2D eigenvalue weighted by Gasteiger charge is -2.18. The highest BCUT2D eigenvalue weighted by atomic mass is 16.5. The van der Waals surface area contributed by atoms with Gasteiger partial charge in [0.05, 0.1) is 11.6 Å². The van der Waals surface area contributed by atoms with Crippen LogP contribution in [0.1, 0.15) is 38.1 Å². The molecule has 2 heterocycles. The molecule has 0 radical (unpaired) electrons. The van der Waals surface area contributed by atoms with Crippen LogP contribution in [0, 0.1) is 5.92 Å². The zero-order valence-corrected chi connectivity index (χ0v) is 9.46. The van der Waals surface area contributed by atoms with Gasteiger partial charge in [-0.3, -0.25) is 9.48 Å². The second kappa shape index (κ2) is 4.25. The number of carboxylic acid groups (broad SMARTS) is 1. The number of carbonyl (C=O) groups is 1. The number of ether oxygens (including phenoxy) is 1. The molecule has 0 unspecified atom stereocenters. The van der Waals surface area contributed by atoms with E-state index in [4.69, 9.17) is 9.84 Å². The standard InChI is InChI=1S/C11H16N2O3/c1-7(2)13-9(3-5-12-13)10-8(11(14)15)4-6-16-10/h3,5,7-8,10H,4,6H2,1-2H3,(H,14,15)/t8-,10+/m1/s1. The van der Waals surface area contributed by atoms with Gasteiger partial charge in [0.15, 0.2) is 0 Å². The third-order valence-electron chi connectivity index (χ3n) is 2.89. The number of hydrogen-bond acceptors (Lipinski definition) is 3. The first-order chi connectivity index (χ1) is 7.61. The van der Waals surface area contributed by atoms with E-state index in [1.807, 2.05) is 24.6 Å². The van der Waals surface area contributed by atoms with Crippen molar-refractivity contribution in [2.45, 2.75) is 32.4 Å². The van der Waals surface area contributed by atoms with Crippen LogP contribution in [-0.4, -0.2) is 27.5 Å². The molecule has 0 aromatic carbocycles. The summed E-state index contributed by atoms with van der Waals surface area (Å²) in [6.07, 6.45) is 1.90. The van der Waals surface area contributed by atoms with Crippen LogP contribution < -0.4 is 0 Å². The van der Waals surface area contributed by atoms with E-state index in [1.165, 1.54) is 0 Å². The first-order valence-corrected chi connectivity index (χ1v) is 5.49. The Labute approximate surface area is 94.0 Å². The summed E-state index contributed by atoms with van der Waals surface area (Å²) in [4.78, 5) is 11.1. The minimum Gasteiger partial charge on any atom is -0.481 e. The molecule has 0 amide bonds. The van der Waals surface area contributed by atoms with Crippen molar-refractivity contribution in [3.05, 3.63) is 18.0 Å². The Kier molecular flexibility index (Phi) is 2.96. The van der Waals surface area contributed by atoms with Crippen molar-refractivity contribution in [3.63, 3.8) is 0 Å². The predicted molar refractivity (Wildman–Crippen MR) is 57.0 cm³/mol. The van der Waals surface area contributed by atoms with Gasteiger partial charge in [0, 0.05) is 18.8 Å². The Hall–Kier alpha value is -1.36. The van der Waals surface area contributed by atoms with Crippen molar-refractivity contribution >= 4 is 5.97 Å². The maximum atomic E-state index is 11.1. The molecule has 0 bridgehead atoms. The maximum Gasteiger partial charge on any atom is 0.309 e. The normalized spacial score (nSPS) is 25.2. The van der Waals surface area contributed by atoms with E-state index in [1.54, 1.807) is 6.20 Å². The Morgan fingerprint density at radius 3 is 3.06 bits per heavy atom. The number of nitrogens with zero attached hydrogens (tertiary/aromatic N) is 2. The van der Waals surface area contributed by atoms with Crippen molar-refractivity contribution in [2.75, 3.05) is 6.61 Å². The van der Waals surface area contributed by atoms with Crippen LogP contribution >= 0.6 is 0 Å². The molecule has 2 atom stereocenters. The summed E-state index contributed by atoms with van der Waals surface area (Å²) in [7, 11) is 0. The van der Waals surface area contributed by atoms with E-state index in [9.17, 15) is 4.79 Å². The molecule has 0 spiro atoms. The number of rotatable bonds is 3. The summed E-state index contributed by atoms with van der Waals surface area (Å²) in [6, 6.07) is 2.05. The van der Waals surface area contributed by atoms with Crippen LogP contribution in [0.2, 0.25) is 0 Å². The highest BCUT2D eigenvalue weighted by molar-refractivity contribution is 5.71. The van der Waals surface area contributed by atoms with Gasteiger partial charge in [-0.05, 0) is 26.3 Å². The van der Waals surface area contributed by atoms with Crippen LogP contribution in [-0.2, 0) is 9.53 Å². The largest absolute Gasteiger partial charge is 0.481 e. The van der Waals surface area contributed by atoms with Crippen molar-refractivity contribution in [1.82, 2.24) is 9.78 Å². The molecule has 2 rings (SSSR count). The molecule has 5 heteroatoms. The number of hydrogen-bond donors (Lipinski definition) is 1. The minimum atomic E-state index is -0.793. The molecule has 1 aliphatic heterocycles. The van der Waals surface area contributed by atoms with Crippen LogP contribution in [0.25, 0.3) is 0 Å². The van der Waals surface area contributed by atoms with Crippen LogP contribution in [0.4, 0.5) is 0 Å². The molecule has 1 saturated heterocycles. The topological polar surface area (TPSA) is 64.4 Å². The number of aromatic nitrogens is 2. The van der Waals surface area contributed by atoms with Crippen LogP contribution in [0.3, 0.4) is 0 Å². The van der Waals surface area contributed by atoms with Gasteiger partial charge < -0.3 is 9.84 Å². The van der Waals surface area contributed by atoms with E-state index in [0.717, 1.165) is 5.69 Å². The summed E-state index contributed by atoms with van der Waals surface area (Å²) >= 11 is 0. The van der Waals surface area contributed by atoms with E-state index >= 15 is 0 Å². The summed E-state index contributed by atoms with van der Waals surface area (Å²) in [6.45, 7) is 4.54. The summed E-state index contributed by atoms with van der Waals surface area (Å²) in [5, 5.41) is 13.3. The highest BCUT2D eigenvalue weighted by Crippen LogP contribution is 2.35. The smallest absolute Gasteiger partial charge is 0.309 e. The molecule has 1 aromatic heterocycles. The Morgan fingerprint density at radius 1 is 1.69 bits per heavy atom. The Balaban J connectivity index is 2.29. The predicted octanol–water partition coefficient (Wildman–Crippen LogP) is 1.63. The van der Waals surface area contributed by atoms with Gasteiger partial charge in [0.1, 0.15) is 6.10 Å². The molecule has 16 heavy (non-hydrogen) atoms. The fraction of sp³-hybridized carbons (Fsp3) is 0.636. The van der Waals surface area contributed by atoms with E-state index in [-0.39, 0.29) is 12.1 Å². The van der Waals surface area contributed by atoms with Crippen molar-refractivity contribution in [1.29, 1.82) is 0 Å². The number of carboxylic acids is 1. The van der Waals surface area contributed by atoms with Crippen molar-refractivity contribution in [3.8, 4) is 0 Å². The SMILES string of the molecule is CC(C)n1nccc1[C@H]1OCC[C@H]1C(=O)O. The second-order valence-electron chi connectivity index (χ2n) is 4.32. The zero-order valence-electron chi connectivity index (χ0n) is 9.46. The van der Waals surface area contributed by atoms with Crippen molar-refractivity contribution in [2.24, 2.45) is 5.92 Å². The second-order valence-corrected chi connectivity index (χ2v) is 4.32. The first-order valence-electron chi connectivity index (χ1n) is 5.49. The van der Waals surface area contributed by atoms with Gasteiger partial charge in [-0.25, -0.2) is 0 Å². The summed E-state index contributed by atoms with van der Waals surface area (Å²) in [5.74, 6) is -1.24.